The number of amides is 8. The normalized spacial score (nSPS) is 12.3. The third-order valence-electron chi connectivity index (χ3n) is 10.4. The molecule has 68 heavy (non-hydrogen) atoms. The van der Waals surface area contributed by atoms with Gasteiger partial charge in [-0.25, -0.2) is 0 Å². The van der Waals surface area contributed by atoms with Crippen LogP contribution in [0.4, 0.5) is 0 Å². The molecule has 21 nitrogen and oxygen atoms in total. The van der Waals surface area contributed by atoms with Crippen LogP contribution in [-0.2, 0) is 63.7 Å². The fraction of sp³-hybridized carbons (Fsp3) is 0.696. The Labute approximate surface area is 414 Å². The van der Waals surface area contributed by atoms with Gasteiger partial charge in [0.25, 0.3) is 0 Å². The highest BCUT2D eigenvalue weighted by Crippen LogP contribution is 2.21. The van der Waals surface area contributed by atoms with Gasteiger partial charge in [-0.15, -0.1) is 0 Å². The summed E-state index contributed by atoms with van der Waals surface area (Å²) in [7, 11) is 0. The van der Waals surface area contributed by atoms with Crippen LogP contribution in [-0.4, -0.2) is 144 Å². The number of hydrogen-bond acceptors (Lipinski definition) is 13. The predicted octanol–water partition coefficient (Wildman–Crippen LogP) is 0.986. The third kappa shape index (κ3) is 33.8. The number of nitrogens with two attached hydrogens (primary N) is 2. The molecule has 1 aromatic carbocycles. The minimum atomic E-state index is -0.802. The van der Waals surface area contributed by atoms with Crippen molar-refractivity contribution in [2.75, 3.05) is 85.6 Å². The molecule has 22 heteroatoms. The number of rotatable bonds is 42. The number of unbranched alkanes of at least 4 members (excludes halogenated alkanes) is 3. The molecule has 0 aliphatic carbocycles. The van der Waals surface area contributed by atoms with E-state index in [0.29, 0.717) is 77.4 Å². The van der Waals surface area contributed by atoms with Gasteiger partial charge in [-0.3, -0.25) is 38.4 Å². The number of carbonyl (C=O) groups excluding carboxylic acids is 8. The Bertz CT molecular complexity index is 1670. The van der Waals surface area contributed by atoms with E-state index in [1.807, 2.05) is 28.7 Å². The van der Waals surface area contributed by atoms with Crippen LogP contribution in [0.15, 0.2) is 18.2 Å². The number of hydrogen-bond donors (Lipinski definition) is 9. The number of benzene rings is 1. The molecule has 8 amide bonds. The summed E-state index contributed by atoms with van der Waals surface area (Å²) in [5, 5.41) is 26.4. The first kappa shape index (κ1) is 61.4. The summed E-state index contributed by atoms with van der Waals surface area (Å²) < 4.78 is 22.1. The van der Waals surface area contributed by atoms with E-state index in [1.54, 1.807) is 26.0 Å². The molecule has 0 aliphatic rings. The highest BCUT2D eigenvalue weighted by Gasteiger charge is 2.21. The van der Waals surface area contributed by atoms with Gasteiger partial charge >= 0.3 is 0 Å². The van der Waals surface area contributed by atoms with Crippen LogP contribution in [0.5, 0.6) is 5.75 Å². The summed E-state index contributed by atoms with van der Waals surface area (Å²) in [6, 6.07) is 4.42. The molecule has 386 valence electrons. The molecule has 0 aliphatic heterocycles. The predicted molar refractivity (Wildman–Crippen MR) is 262 cm³/mol. The molecule has 0 bridgehead atoms. The quantitative estimate of drug-likeness (QED) is 0.0326. The van der Waals surface area contributed by atoms with Gasteiger partial charge in [-0.2, -0.15) is 0 Å². The highest BCUT2D eigenvalue weighted by molar-refractivity contribution is 14.1. The SMILES string of the molecule is C[C@@H](CCCCNC(=O)COCCOCCNC(=O)COCCOCCNC(=O)CCCC(=O)N[C@@H](CCCCNC(=O)CCc1ccc(O)c([125I])c1)C(=O)NCCCC[C@H](C)C(N)=O)C(N)=O. The first-order valence-electron chi connectivity index (χ1n) is 23.6. The number of ether oxygens (including phenoxy) is 4. The first-order chi connectivity index (χ1) is 32.6. The number of phenolic OH excluding ortho intramolecular Hbond substituents is 1. The van der Waals surface area contributed by atoms with Gasteiger partial charge in [0.1, 0.15) is 25.0 Å². The summed E-state index contributed by atoms with van der Waals surface area (Å²) in [5.41, 5.74) is 11.5. The lowest BCUT2D eigenvalue weighted by atomic mass is 10.0. The monoisotopic (exact) mass is 1070 g/mol. The highest BCUT2D eigenvalue weighted by atomic mass is 125. The topological polar surface area (TPSA) is 318 Å². The maximum Gasteiger partial charge on any atom is 0.246 e. The second-order valence-electron chi connectivity index (χ2n) is 16.4. The lowest BCUT2D eigenvalue weighted by molar-refractivity contribution is -0.129. The molecule has 0 spiro atoms. The third-order valence-corrected chi connectivity index (χ3v) is 11.3. The van der Waals surface area contributed by atoms with Crippen molar-refractivity contribution < 1.29 is 62.4 Å². The van der Waals surface area contributed by atoms with Crippen molar-refractivity contribution in [1.29, 1.82) is 0 Å². The zero-order valence-corrected chi connectivity index (χ0v) is 42.1. The summed E-state index contributed by atoms with van der Waals surface area (Å²) in [6.07, 6.45) is 6.88. The molecule has 0 aromatic heterocycles. The van der Waals surface area contributed by atoms with Gasteiger partial charge in [0.2, 0.25) is 47.3 Å². The van der Waals surface area contributed by atoms with Crippen LogP contribution in [0.25, 0.3) is 0 Å². The molecule has 0 fully saturated rings. The fourth-order valence-electron chi connectivity index (χ4n) is 6.18. The van der Waals surface area contributed by atoms with Crippen molar-refractivity contribution in [2.24, 2.45) is 23.3 Å². The number of aromatic hydroxyl groups is 1. The molecule has 0 saturated heterocycles. The average Bonchev–Trinajstić information content (AvgIpc) is 3.29. The minimum Gasteiger partial charge on any atom is -0.507 e. The van der Waals surface area contributed by atoms with Gasteiger partial charge in [0.15, 0.2) is 0 Å². The summed E-state index contributed by atoms with van der Waals surface area (Å²) in [4.78, 5) is 96.8. The van der Waals surface area contributed by atoms with Crippen molar-refractivity contribution in [1.82, 2.24) is 31.9 Å². The second kappa shape index (κ2) is 39.2. The number of primary amides is 2. The maximum absolute atomic E-state index is 13.1. The molecule has 0 heterocycles. The standard InChI is InChI=1S/C46H77IN8O13/c1-33(44(48)62)10-3-6-20-51-42(60)31-67-28-27-66-25-23-53-43(61)32-68-29-26-65-24-22-52-39(57)13-9-14-41(59)55-37(46(64)54-21-7-4-11-34(2)45(49)63)12-5-8-19-50-40(58)18-16-35-15-17-38(56)36(47)30-35/h15,17,30,33-34,37,56H,3-14,16,18-29,31-32H2,1-2H3,(H2,48,62)(H2,49,63)(H,50,58)(H,51,60)(H,52,57)(H,53,61)(H,54,64)(H,55,59)/t33-,34-,37-/m0/s1/i47-2. The molecule has 11 N–H and O–H groups in total. The number of carbonyl (C=O) groups is 8. The van der Waals surface area contributed by atoms with E-state index in [4.69, 9.17) is 30.4 Å². The van der Waals surface area contributed by atoms with Crippen molar-refractivity contribution in [3.05, 3.63) is 27.3 Å². The zero-order chi connectivity index (χ0) is 50.4. The van der Waals surface area contributed by atoms with Gasteiger partial charge in [-0.05, 0) is 98.1 Å². The van der Waals surface area contributed by atoms with Gasteiger partial charge in [-0.1, -0.05) is 32.8 Å². The van der Waals surface area contributed by atoms with Gasteiger partial charge in [0.05, 0.1) is 43.2 Å². The molecular formula is C46H77IN8O13. The van der Waals surface area contributed by atoms with E-state index >= 15 is 0 Å². The fourth-order valence-corrected chi connectivity index (χ4v) is 6.76. The van der Waals surface area contributed by atoms with Crippen molar-refractivity contribution in [2.45, 2.75) is 110 Å². The Hall–Kier alpha value is -4.65. The van der Waals surface area contributed by atoms with Crippen LogP contribution in [0, 0.1) is 15.4 Å². The van der Waals surface area contributed by atoms with E-state index in [-0.39, 0.29) is 150 Å². The Kier molecular flexibility index (Phi) is 35.4. The van der Waals surface area contributed by atoms with Gasteiger partial charge < -0.3 is 67.4 Å². The van der Waals surface area contributed by atoms with Crippen molar-refractivity contribution in [3.63, 3.8) is 0 Å². The maximum atomic E-state index is 13.1. The van der Waals surface area contributed by atoms with Crippen molar-refractivity contribution >= 4 is 69.8 Å². The lowest BCUT2D eigenvalue weighted by Gasteiger charge is -2.19. The summed E-state index contributed by atoms with van der Waals surface area (Å²) in [6.45, 7) is 6.39. The number of aryl methyl sites for hydroxylation is 1. The number of phenols is 1. The van der Waals surface area contributed by atoms with E-state index in [2.05, 4.69) is 31.9 Å². The van der Waals surface area contributed by atoms with Crippen LogP contribution in [0.1, 0.15) is 103 Å². The zero-order valence-electron chi connectivity index (χ0n) is 39.9. The van der Waals surface area contributed by atoms with E-state index < -0.39 is 6.04 Å². The van der Waals surface area contributed by atoms with Crippen LogP contribution in [0.3, 0.4) is 0 Å². The van der Waals surface area contributed by atoms with Crippen molar-refractivity contribution in [3.8, 4) is 5.75 Å². The number of nitrogens with one attached hydrogen (secondary N) is 6. The molecule has 0 radical (unpaired) electrons. The Morgan fingerprint density at radius 3 is 1.54 bits per heavy atom. The molecule has 1 aromatic rings. The molecule has 0 unspecified atom stereocenters. The minimum absolute atomic E-state index is 0.0352. The average molecular weight is 1080 g/mol. The summed E-state index contributed by atoms with van der Waals surface area (Å²) >= 11 is 2.04. The second-order valence-corrected chi connectivity index (χ2v) is 17.5. The van der Waals surface area contributed by atoms with Gasteiger partial charge in [0, 0.05) is 63.8 Å². The summed E-state index contributed by atoms with van der Waals surface area (Å²) in [5.74, 6) is -2.56. The largest absolute Gasteiger partial charge is 0.507 e. The van der Waals surface area contributed by atoms with Crippen LogP contribution >= 0.6 is 22.6 Å². The first-order valence-corrected chi connectivity index (χ1v) is 24.7. The smallest absolute Gasteiger partial charge is 0.246 e. The molecule has 0 saturated carbocycles. The molecule has 1 rings (SSSR count). The van der Waals surface area contributed by atoms with Crippen LogP contribution < -0.4 is 43.4 Å². The lowest BCUT2D eigenvalue weighted by Crippen LogP contribution is -2.47. The van der Waals surface area contributed by atoms with E-state index in [0.717, 1.165) is 22.0 Å². The Morgan fingerprint density at radius 2 is 1.00 bits per heavy atom. The Balaban J connectivity index is 2.18. The van der Waals surface area contributed by atoms with E-state index in [9.17, 15) is 43.5 Å². The molecular weight excluding hydrogens is 997 g/mol. The molecule has 3 atom stereocenters. The van der Waals surface area contributed by atoms with E-state index in [1.165, 1.54) is 0 Å². The Morgan fingerprint density at radius 1 is 0.544 bits per heavy atom. The van der Waals surface area contributed by atoms with Crippen LogP contribution in [0.2, 0.25) is 0 Å². The number of halogens is 1.